The number of carbonyl (C=O) groups excluding carboxylic acids is 1. The highest BCUT2D eigenvalue weighted by Crippen LogP contribution is 2.22. The average molecular weight is 310 g/mol. The second kappa shape index (κ2) is 5.94. The molecule has 5 N–H and O–H groups in total. The first-order chi connectivity index (χ1) is 9.47. The lowest BCUT2D eigenvalue weighted by Crippen LogP contribution is -2.15. The molecule has 7 heteroatoms. The van der Waals surface area contributed by atoms with E-state index in [-0.39, 0.29) is 5.56 Å². The molecule has 2 rings (SSSR count). The van der Waals surface area contributed by atoms with Crippen molar-refractivity contribution in [2.45, 2.75) is 4.90 Å². The maximum absolute atomic E-state index is 12.2. The lowest BCUT2D eigenvalue weighted by molar-refractivity contribution is 0.100. The molecule has 0 heterocycles. The van der Waals surface area contributed by atoms with Crippen molar-refractivity contribution < 1.29 is 9.00 Å². The van der Waals surface area contributed by atoms with Gasteiger partial charge in [0, 0.05) is 10.7 Å². The maximum Gasteiger partial charge on any atom is 0.250 e. The molecule has 0 saturated carbocycles. The number of carbonyl (C=O) groups is 1. The van der Waals surface area contributed by atoms with Gasteiger partial charge in [-0.1, -0.05) is 17.7 Å². The standard InChI is InChI=1S/C13H12ClN3O2S/c14-8-4-5-12(11(6-8)13(16)18)17-20(19)10-3-1-2-9(15)7-10/h1-7,17H,15H2,(H2,16,18). The molecule has 104 valence electrons. The minimum atomic E-state index is -1.56. The quantitative estimate of drug-likeness (QED) is 0.755. The molecule has 0 aliphatic heterocycles. The number of nitrogen functional groups attached to an aromatic ring is 1. The van der Waals surface area contributed by atoms with Crippen LogP contribution in [0.3, 0.4) is 0 Å². The number of rotatable bonds is 4. The zero-order chi connectivity index (χ0) is 14.7. The Bertz CT molecular complexity index is 691. The molecular weight excluding hydrogens is 298 g/mol. The number of benzene rings is 2. The van der Waals surface area contributed by atoms with Crippen molar-refractivity contribution in [3.05, 3.63) is 53.1 Å². The normalized spacial score (nSPS) is 11.8. The van der Waals surface area contributed by atoms with E-state index in [1.54, 1.807) is 36.4 Å². The Morgan fingerprint density at radius 3 is 2.60 bits per heavy atom. The Kier molecular flexibility index (Phi) is 4.26. The van der Waals surface area contributed by atoms with Crippen LogP contribution in [0.4, 0.5) is 11.4 Å². The van der Waals surface area contributed by atoms with E-state index in [2.05, 4.69) is 4.72 Å². The van der Waals surface area contributed by atoms with Crippen molar-refractivity contribution in [2.75, 3.05) is 10.5 Å². The van der Waals surface area contributed by atoms with Gasteiger partial charge in [0.25, 0.3) is 5.91 Å². The minimum absolute atomic E-state index is 0.176. The van der Waals surface area contributed by atoms with Gasteiger partial charge in [-0.2, -0.15) is 0 Å². The van der Waals surface area contributed by atoms with Crippen LogP contribution in [0.2, 0.25) is 5.02 Å². The summed E-state index contributed by atoms with van der Waals surface area (Å²) >= 11 is 5.81. The van der Waals surface area contributed by atoms with Gasteiger partial charge in [0.15, 0.2) is 0 Å². The summed E-state index contributed by atoms with van der Waals surface area (Å²) in [5.74, 6) is -0.653. The Hall–Kier alpha value is -2.05. The highest BCUT2D eigenvalue weighted by atomic mass is 35.5. The first-order valence-electron chi connectivity index (χ1n) is 5.60. The van der Waals surface area contributed by atoms with E-state index >= 15 is 0 Å². The molecule has 0 radical (unpaired) electrons. The van der Waals surface area contributed by atoms with Crippen LogP contribution in [0.5, 0.6) is 0 Å². The fraction of sp³-hybridized carbons (Fsp3) is 0. The van der Waals surface area contributed by atoms with Gasteiger partial charge >= 0.3 is 0 Å². The van der Waals surface area contributed by atoms with Gasteiger partial charge in [0.1, 0.15) is 11.0 Å². The van der Waals surface area contributed by atoms with Gasteiger partial charge < -0.3 is 16.2 Å². The Morgan fingerprint density at radius 1 is 1.20 bits per heavy atom. The van der Waals surface area contributed by atoms with Crippen LogP contribution in [0.1, 0.15) is 10.4 Å². The second-order valence-corrected chi connectivity index (χ2v) is 5.65. The van der Waals surface area contributed by atoms with Crippen molar-refractivity contribution in [1.29, 1.82) is 0 Å². The average Bonchev–Trinajstić information content (AvgIpc) is 2.40. The van der Waals surface area contributed by atoms with Crippen LogP contribution in [0.15, 0.2) is 47.4 Å². The van der Waals surface area contributed by atoms with Gasteiger partial charge in [-0.3, -0.25) is 4.79 Å². The Balaban J connectivity index is 2.30. The smallest absolute Gasteiger partial charge is 0.250 e. The number of nitrogens with one attached hydrogen (secondary N) is 1. The molecule has 0 fully saturated rings. The Labute approximate surface area is 123 Å². The zero-order valence-electron chi connectivity index (χ0n) is 10.3. The molecular formula is C13H12ClN3O2S. The van der Waals surface area contributed by atoms with Crippen molar-refractivity contribution in [2.24, 2.45) is 5.73 Å². The van der Waals surface area contributed by atoms with E-state index < -0.39 is 16.9 Å². The molecule has 5 nitrogen and oxygen atoms in total. The topological polar surface area (TPSA) is 98.2 Å². The molecule has 20 heavy (non-hydrogen) atoms. The zero-order valence-corrected chi connectivity index (χ0v) is 11.9. The largest absolute Gasteiger partial charge is 0.399 e. The predicted molar refractivity (Wildman–Crippen MR) is 80.9 cm³/mol. The summed E-state index contributed by atoms with van der Waals surface area (Å²) in [5.41, 5.74) is 11.9. The summed E-state index contributed by atoms with van der Waals surface area (Å²) in [4.78, 5) is 11.8. The van der Waals surface area contributed by atoms with Gasteiger partial charge in [0.2, 0.25) is 0 Å². The summed E-state index contributed by atoms with van der Waals surface area (Å²) in [6.07, 6.45) is 0. The van der Waals surface area contributed by atoms with Crippen LogP contribution in [-0.2, 0) is 11.0 Å². The SMILES string of the molecule is NC(=O)c1cc(Cl)ccc1NS(=O)c1cccc(N)c1. The van der Waals surface area contributed by atoms with Gasteiger partial charge in [-0.25, -0.2) is 4.21 Å². The third-order valence-corrected chi connectivity index (χ3v) is 3.84. The number of anilines is 2. The number of nitrogens with two attached hydrogens (primary N) is 2. The molecule has 1 amide bonds. The van der Waals surface area contributed by atoms with Gasteiger partial charge in [-0.05, 0) is 36.4 Å². The number of halogens is 1. The van der Waals surface area contributed by atoms with Crippen molar-refractivity contribution in [1.82, 2.24) is 0 Å². The van der Waals surface area contributed by atoms with Gasteiger partial charge in [-0.15, -0.1) is 0 Å². The van der Waals surface area contributed by atoms with Crippen LogP contribution >= 0.6 is 11.6 Å². The first-order valence-corrected chi connectivity index (χ1v) is 7.13. The fourth-order valence-electron chi connectivity index (χ4n) is 1.60. The molecule has 0 aliphatic carbocycles. The summed E-state index contributed by atoms with van der Waals surface area (Å²) < 4.78 is 14.9. The molecule has 2 aromatic rings. The third-order valence-electron chi connectivity index (χ3n) is 2.52. The molecule has 0 saturated heterocycles. The molecule has 0 aliphatic rings. The van der Waals surface area contributed by atoms with Crippen molar-refractivity contribution >= 4 is 39.9 Å². The van der Waals surface area contributed by atoms with E-state index in [4.69, 9.17) is 23.1 Å². The molecule has 2 aromatic carbocycles. The minimum Gasteiger partial charge on any atom is -0.399 e. The number of hydrogen-bond acceptors (Lipinski definition) is 3. The lowest BCUT2D eigenvalue weighted by Gasteiger charge is -2.10. The van der Waals surface area contributed by atoms with Crippen LogP contribution in [-0.4, -0.2) is 10.1 Å². The van der Waals surface area contributed by atoms with Gasteiger partial charge in [0.05, 0.1) is 16.1 Å². The first kappa shape index (κ1) is 14.4. The summed E-state index contributed by atoms with van der Waals surface area (Å²) in [6.45, 7) is 0. The van der Waals surface area contributed by atoms with Crippen LogP contribution < -0.4 is 16.2 Å². The van der Waals surface area contributed by atoms with E-state index in [0.717, 1.165) is 0 Å². The molecule has 1 unspecified atom stereocenters. The summed E-state index contributed by atoms with van der Waals surface area (Å²) in [7, 11) is -1.56. The van der Waals surface area contributed by atoms with Crippen molar-refractivity contribution in [3.8, 4) is 0 Å². The number of amides is 1. The number of hydrogen-bond donors (Lipinski definition) is 3. The van der Waals surface area contributed by atoms with E-state index in [0.29, 0.717) is 21.3 Å². The molecule has 0 aromatic heterocycles. The molecule has 1 atom stereocenters. The number of primary amides is 1. The Morgan fingerprint density at radius 2 is 1.95 bits per heavy atom. The van der Waals surface area contributed by atoms with Crippen molar-refractivity contribution in [3.63, 3.8) is 0 Å². The summed E-state index contributed by atoms with van der Waals surface area (Å²) in [6, 6.07) is 11.2. The highest BCUT2D eigenvalue weighted by molar-refractivity contribution is 7.86. The monoisotopic (exact) mass is 309 g/mol. The van der Waals surface area contributed by atoms with E-state index in [1.165, 1.54) is 6.07 Å². The highest BCUT2D eigenvalue weighted by Gasteiger charge is 2.12. The van der Waals surface area contributed by atoms with Crippen LogP contribution in [0.25, 0.3) is 0 Å². The summed E-state index contributed by atoms with van der Waals surface area (Å²) in [5, 5.41) is 0.374. The van der Waals surface area contributed by atoms with E-state index in [1.807, 2.05) is 0 Å². The second-order valence-electron chi connectivity index (χ2n) is 4.00. The fourth-order valence-corrected chi connectivity index (χ4v) is 2.71. The van der Waals surface area contributed by atoms with Crippen LogP contribution in [0, 0.1) is 0 Å². The van der Waals surface area contributed by atoms with E-state index in [9.17, 15) is 9.00 Å². The predicted octanol–water partition coefficient (Wildman–Crippen LogP) is 2.16. The lowest BCUT2D eigenvalue weighted by atomic mass is 10.2. The third kappa shape index (κ3) is 3.28. The maximum atomic E-state index is 12.2. The molecule has 0 spiro atoms. The molecule has 0 bridgehead atoms.